The van der Waals surface area contributed by atoms with E-state index in [0.717, 1.165) is 24.1 Å². The first-order valence-corrected chi connectivity index (χ1v) is 9.54. The highest BCUT2D eigenvalue weighted by molar-refractivity contribution is 6.03. The Kier molecular flexibility index (Phi) is 5.23. The SMILES string of the molecule is NC(=Nc1ccc(-c2ccno2)cc1)c1c(NC2CCCCC2)cc[nH]c1=O. The molecule has 7 nitrogen and oxygen atoms in total. The molecule has 1 aliphatic carbocycles. The lowest BCUT2D eigenvalue weighted by atomic mass is 9.95. The number of nitrogens with zero attached hydrogens (tertiary/aromatic N) is 2. The molecule has 0 atom stereocenters. The summed E-state index contributed by atoms with van der Waals surface area (Å²) in [6.07, 6.45) is 9.12. The van der Waals surface area contributed by atoms with Gasteiger partial charge in [0.05, 0.1) is 17.6 Å². The van der Waals surface area contributed by atoms with Crippen LogP contribution < -0.4 is 16.6 Å². The number of H-pyrrole nitrogens is 1. The number of hydrogen-bond donors (Lipinski definition) is 3. The number of nitrogens with one attached hydrogen (secondary N) is 2. The van der Waals surface area contributed by atoms with Crippen molar-refractivity contribution in [1.82, 2.24) is 10.1 Å². The minimum Gasteiger partial charge on any atom is -0.383 e. The van der Waals surface area contributed by atoms with Crippen molar-refractivity contribution in [1.29, 1.82) is 0 Å². The molecule has 1 aromatic carbocycles. The van der Waals surface area contributed by atoms with E-state index in [-0.39, 0.29) is 11.4 Å². The molecule has 0 radical (unpaired) electrons. The van der Waals surface area contributed by atoms with Crippen molar-refractivity contribution < 1.29 is 4.52 Å². The van der Waals surface area contributed by atoms with Gasteiger partial charge in [0.1, 0.15) is 11.4 Å². The van der Waals surface area contributed by atoms with E-state index >= 15 is 0 Å². The lowest BCUT2D eigenvalue weighted by Crippen LogP contribution is -2.29. The fourth-order valence-corrected chi connectivity index (χ4v) is 3.58. The second-order valence-electron chi connectivity index (χ2n) is 7.00. The molecule has 2 aromatic heterocycles. The van der Waals surface area contributed by atoms with Crippen molar-refractivity contribution >= 4 is 17.2 Å². The van der Waals surface area contributed by atoms with E-state index in [0.29, 0.717) is 23.1 Å². The van der Waals surface area contributed by atoms with Crippen molar-refractivity contribution in [3.63, 3.8) is 0 Å². The maximum atomic E-state index is 12.4. The molecule has 0 saturated heterocycles. The Balaban J connectivity index is 1.60. The molecule has 0 unspecified atom stereocenters. The average Bonchev–Trinajstić information content (AvgIpc) is 3.24. The smallest absolute Gasteiger partial charge is 0.261 e. The van der Waals surface area contributed by atoms with Gasteiger partial charge in [0.25, 0.3) is 5.56 Å². The highest BCUT2D eigenvalue weighted by atomic mass is 16.5. The first kappa shape index (κ1) is 18.0. The van der Waals surface area contributed by atoms with E-state index in [9.17, 15) is 4.79 Å². The van der Waals surface area contributed by atoms with E-state index in [1.54, 1.807) is 18.5 Å². The summed E-state index contributed by atoms with van der Waals surface area (Å²) >= 11 is 0. The monoisotopic (exact) mass is 377 g/mol. The van der Waals surface area contributed by atoms with Crippen LogP contribution >= 0.6 is 0 Å². The van der Waals surface area contributed by atoms with Crippen molar-refractivity contribution in [3.05, 3.63) is 64.7 Å². The summed E-state index contributed by atoms with van der Waals surface area (Å²) < 4.78 is 5.15. The van der Waals surface area contributed by atoms with Gasteiger partial charge in [-0.2, -0.15) is 0 Å². The van der Waals surface area contributed by atoms with Crippen molar-refractivity contribution in [3.8, 4) is 11.3 Å². The summed E-state index contributed by atoms with van der Waals surface area (Å²) in [4.78, 5) is 19.6. The zero-order valence-electron chi connectivity index (χ0n) is 15.5. The lowest BCUT2D eigenvalue weighted by Gasteiger charge is -2.24. The molecular formula is C21H23N5O2. The maximum Gasteiger partial charge on any atom is 0.261 e. The Labute approximate surface area is 162 Å². The van der Waals surface area contributed by atoms with Crippen LogP contribution in [0.15, 0.2) is 63.1 Å². The van der Waals surface area contributed by atoms with Crippen LogP contribution in [-0.4, -0.2) is 22.0 Å². The zero-order chi connectivity index (χ0) is 19.3. The van der Waals surface area contributed by atoms with Gasteiger partial charge in [-0.15, -0.1) is 0 Å². The van der Waals surface area contributed by atoms with Crippen LogP contribution in [0.5, 0.6) is 0 Å². The summed E-state index contributed by atoms with van der Waals surface area (Å²) in [7, 11) is 0. The van der Waals surface area contributed by atoms with E-state index in [1.165, 1.54) is 19.3 Å². The Morgan fingerprint density at radius 3 is 2.64 bits per heavy atom. The average molecular weight is 377 g/mol. The molecular weight excluding hydrogens is 354 g/mol. The van der Waals surface area contributed by atoms with Gasteiger partial charge in [-0.3, -0.25) is 4.79 Å². The molecule has 28 heavy (non-hydrogen) atoms. The third kappa shape index (κ3) is 3.98. The van der Waals surface area contributed by atoms with Crippen LogP contribution in [0.3, 0.4) is 0 Å². The number of aliphatic imine (C=N–C) groups is 1. The quantitative estimate of drug-likeness (QED) is 0.463. The summed E-state index contributed by atoms with van der Waals surface area (Å²) in [6, 6.07) is 11.4. The predicted molar refractivity (Wildman–Crippen MR) is 110 cm³/mol. The van der Waals surface area contributed by atoms with E-state index in [4.69, 9.17) is 10.3 Å². The second-order valence-corrected chi connectivity index (χ2v) is 7.00. The number of benzene rings is 1. The van der Waals surface area contributed by atoms with Crippen LogP contribution in [-0.2, 0) is 0 Å². The van der Waals surface area contributed by atoms with Gasteiger partial charge in [-0.25, -0.2) is 4.99 Å². The highest BCUT2D eigenvalue weighted by Crippen LogP contribution is 2.24. The number of hydrogen-bond acceptors (Lipinski definition) is 5. The van der Waals surface area contributed by atoms with Crippen LogP contribution in [0.4, 0.5) is 11.4 Å². The summed E-state index contributed by atoms with van der Waals surface area (Å²) in [5.41, 5.74) is 8.65. The summed E-state index contributed by atoms with van der Waals surface area (Å²) in [5, 5.41) is 7.19. The number of aromatic amines is 1. The number of nitrogens with two attached hydrogens (primary N) is 1. The Hall–Kier alpha value is -3.35. The highest BCUT2D eigenvalue weighted by Gasteiger charge is 2.17. The molecule has 144 valence electrons. The van der Waals surface area contributed by atoms with Gasteiger partial charge in [0, 0.05) is 23.9 Å². The minimum atomic E-state index is -0.250. The number of aromatic nitrogens is 2. The van der Waals surface area contributed by atoms with E-state index in [2.05, 4.69) is 20.4 Å². The molecule has 1 saturated carbocycles. The minimum absolute atomic E-state index is 0.188. The number of anilines is 1. The topological polar surface area (TPSA) is 109 Å². The lowest BCUT2D eigenvalue weighted by molar-refractivity contribution is 0.432. The number of rotatable bonds is 5. The molecule has 1 aliphatic rings. The maximum absolute atomic E-state index is 12.4. The Bertz CT molecular complexity index is 1000. The Morgan fingerprint density at radius 1 is 1.14 bits per heavy atom. The van der Waals surface area contributed by atoms with E-state index < -0.39 is 0 Å². The predicted octanol–water partition coefficient (Wildman–Crippen LogP) is 3.81. The fraction of sp³-hybridized carbons (Fsp3) is 0.286. The first-order valence-electron chi connectivity index (χ1n) is 9.54. The largest absolute Gasteiger partial charge is 0.383 e. The fourth-order valence-electron chi connectivity index (χ4n) is 3.58. The van der Waals surface area contributed by atoms with Gasteiger partial charge in [-0.05, 0) is 43.2 Å². The van der Waals surface area contributed by atoms with Crippen molar-refractivity contribution in [2.45, 2.75) is 38.1 Å². The van der Waals surface area contributed by atoms with Gasteiger partial charge in [0.15, 0.2) is 5.76 Å². The number of amidine groups is 1. The molecule has 0 bridgehead atoms. The number of pyridine rings is 1. The van der Waals surface area contributed by atoms with Gasteiger partial charge >= 0.3 is 0 Å². The second kappa shape index (κ2) is 8.12. The summed E-state index contributed by atoms with van der Waals surface area (Å²) in [6.45, 7) is 0. The third-order valence-corrected chi connectivity index (χ3v) is 5.02. The molecule has 4 rings (SSSR count). The van der Waals surface area contributed by atoms with Gasteiger partial charge in [0.2, 0.25) is 0 Å². The van der Waals surface area contributed by atoms with E-state index in [1.807, 2.05) is 30.3 Å². The van der Waals surface area contributed by atoms with Crippen molar-refractivity contribution in [2.24, 2.45) is 10.7 Å². The van der Waals surface area contributed by atoms with Gasteiger partial charge < -0.3 is 20.6 Å². The molecule has 4 N–H and O–H groups in total. The molecule has 0 amide bonds. The third-order valence-electron chi connectivity index (χ3n) is 5.02. The Morgan fingerprint density at radius 2 is 1.93 bits per heavy atom. The van der Waals surface area contributed by atoms with Gasteiger partial charge in [-0.1, -0.05) is 24.4 Å². The molecule has 0 spiro atoms. The first-order chi connectivity index (χ1) is 13.7. The van der Waals surface area contributed by atoms with Crippen LogP contribution in [0.2, 0.25) is 0 Å². The molecule has 3 aromatic rings. The van der Waals surface area contributed by atoms with Crippen molar-refractivity contribution in [2.75, 3.05) is 5.32 Å². The standard InChI is InChI=1S/C21H23N5O2/c22-20(26-16-8-6-14(7-9-16)18-11-13-24-28-18)19-17(10-12-23-21(19)27)25-15-4-2-1-3-5-15/h6-13,15H,1-5H2,(H2,22,26)(H2,23,25,27). The van der Waals surface area contributed by atoms with Crippen LogP contribution in [0.1, 0.15) is 37.7 Å². The molecule has 0 aliphatic heterocycles. The molecule has 1 fully saturated rings. The van der Waals surface area contributed by atoms with Crippen LogP contribution in [0.25, 0.3) is 11.3 Å². The zero-order valence-corrected chi connectivity index (χ0v) is 15.5. The molecule has 7 heteroatoms. The summed E-state index contributed by atoms with van der Waals surface area (Å²) in [5.74, 6) is 0.870. The van der Waals surface area contributed by atoms with Crippen LogP contribution in [0, 0.1) is 0 Å². The molecule has 2 heterocycles. The normalized spacial score (nSPS) is 15.5.